The maximum absolute atomic E-state index is 11.6. The first-order valence-corrected chi connectivity index (χ1v) is 8.54. The molecule has 4 nitrogen and oxygen atoms in total. The van der Waals surface area contributed by atoms with Gasteiger partial charge in [-0.3, -0.25) is 4.79 Å². The quantitative estimate of drug-likeness (QED) is 0.900. The van der Waals surface area contributed by atoms with E-state index in [1.54, 1.807) is 11.8 Å². The molecule has 6 heteroatoms. The molecule has 0 spiro atoms. The van der Waals surface area contributed by atoms with E-state index < -0.39 is 0 Å². The Kier molecular flexibility index (Phi) is 6.06. The Bertz CT molecular complexity index is 508. The molecule has 116 valence electrons. The number of hydrogen-bond acceptors (Lipinski definition) is 4. The van der Waals surface area contributed by atoms with Crippen LogP contribution in [0, 0.1) is 0 Å². The van der Waals surface area contributed by atoms with Gasteiger partial charge in [0, 0.05) is 18.2 Å². The summed E-state index contributed by atoms with van der Waals surface area (Å²) < 4.78 is 11.2. The molecule has 0 fully saturated rings. The van der Waals surface area contributed by atoms with Gasteiger partial charge in [0.25, 0.3) is 0 Å². The molecular weight excluding hydrogens is 310 g/mol. The first kappa shape index (κ1) is 16.3. The third-order valence-electron chi connectivity index (χ3n) is 2.81. The van der Waals surface area contributed by atoms with Crippen LogP contribution < -0.4 is 14.8 Å². The highest BCUT2D eigenvalue weighted by atomic mass is 35.5. The van der Waals surface area contributed by atoms with Gasteiger partial charge < -0.3 is 14.8 Å². The molecular formula is C15H20ClNO3S. The number of hydrogen-bond donors (Lipinski definition) is 1. The van der Waals surface area contributed by atoms with Crippen molar-refractivity contribution in [2.24, 2.45) is 0 Å². The van der Waals surface area contributed by atoms with Gasteiger partial charge >= 0.3 is 0 Å². The van der Waals surface area contributed by atoms with Crippen LogP contribution in [0.2, 0.25) is 5.02 Å². The average molecular weight is 330 g/mol. The van der Waals surface area contributed by atoms with Crippen LogP contribution in [0.5, 0.6) is 11.5 Å². The fraction of sp³-hybridized carbons (Fsp3) is 0.533. The van der Waals surface area contributed by atoms with Gasteiger partial charge in [-0.25, -0.2) is 0 Å². The second kappa shape index (κ2) is 7.80. The lowest BCUT2D eigenvalue weighted by Gasteiger charge is -2.12. The molecule has 0 bridgehead atoms. The molecule has 1 aliphatic rings. The normalized spacial score (nSPS) is 13.9. The molecule has 0 radical (unpaired) electrons. The van der Waals surface area contributed by atoms with E-state index in [2.05, 4.69) is 5.32 Å². The summed E-state index contributed by atoms with van der Waals surface area (Å²) >= 11 is 7.79. The van der Waals surface area contributed by atoms with Crippen LogP contribution in [-0.4, -0.2) is 30.9 Å². The van der Waals surface area contributed by atoms with E-state index in [0.29, 0.717) is 41.2 Å². The maximum Gasteiger partial charge on any atom is 0.230 e. The summed E-state index contributed by atoms with van der Waals surface area (Å²) in [6.45, 7) is 5.16. The molecule has 21 heavy (non-hydrogen) atoms. The molecule has 1 N–H and O–H groups in total. The lowest BCUT2D eigenvalue weighted by Crippen LogP contribution is -2.31. The summed E-state index contributed by atoms with van der Waals surface area (Å²) in [7, 11) is 0. The van der Waals surface area contributed by atoms with Crippen molar-refractivity contribution in [2.75, 3.05) is 19.0 Å². The van der Waals surface area contributed by atoms with E-state index in [0.717, 1.165) is 12.0 Å². The Labute approximate surface area is 134 Å². The highest BCUT2D eigenvalue weighted by Crippen LogP contribution is 2.38. The molecule has 1 aliphatic heterocycles. The summed E-state index contributed by atoms with van der Waals surface area (Å²) in [5.74, 6) is 2.52. The number of carbonyl (C=O) groups is 1. The van der Waals surface area contributed by atoms with E-state index in [9.17, 15) is 4.79 Å². The fourth-order valence-corrected chi connectivity index (χ4v) is 3.05. The Balaban J connectivity index is 1.93. The number of ether oxygens (including phenoxy) is 2. The summed E-state index contributed by atoms with van der Waals surface area (Å²) in [4.78, 5) is 11.6. The lowest BCUT2D eigenvalue weighted by molar-refractivity contribution is -0.119. The van der Waals surface area contributed by atoms with Crippen LogP contribution in [0.1, 0.15) is 25.8 Å². The van der Waals surface area contributed by atoms with Gasteiger partial charge in [0.05, 0.1) is 24.0 Å². The summed E-state index contributed by atoms with van der Waals surface area (Å²) in [6.07, 6.45) is 0.852. The number of halogens is 1. The van der Waals surface area contributed by atoms with Gasteiger partial charge in [-0.15, -0.1) is 11.8 Å². The van der Waals surface area contributed by atoms with E-state index in [1.807, 2.05) is 26.0 Å². The first-order valence-electron chi connectivity index (χ1n) is 7.01. The van der Waals surface area contributed by atoms with Gasteiger partial charge in [-0.2, -0.15) is 0 Å². The van der Waals surface area contributed by atoms with Crippen molar-refractivity contribution < 1.29 is 14.3 Å². The molecule has 1 aromatic rings. The second-order valence-corrected chi connectivity index (χ2v) is 6.56. The summed E-state index contributed by atoms with van der Waals surface area (Å²) in [5, 5.41) is 3.43. The van der Waals surface area contributed by atoms with Crippen molar-refractivity contribution in [3.05, 3.63) is 22.7 Å². The highest BCUT2D eigenvalue weighted by Gasteiger charge is 2.15. The molecule has 2 rings (SSSR count). The van der Waals surface area contributed by atoms with E-state index >= 15 is 0 Å². The van der Waals surface area contributed by atoms with Crippen molar-refractivity contribution in [3.63, 3.8) is 0 Å². The fourth-order valence-electron chi connectivity index (χ4n) is 1.99. The summed E-state index contributed by atoms with van der Waals surface area (Å²) in [6, 6.07) is 3.99. The number of benzene rings is 1. The monoisotopic (exact) mass is 329 g/mol. The Hall–Kier alpha value is -1.07. The molecule has 0 aromatic heterocycles. The smallest absolute Gasteiger partial charge is 0.230 e. The Morgan fingerprint density at radius 3 is 2.90 bits per heavy atom. The van der Waals surface area contributed by atoms with Crippen LogP contribution >= 0.6 is 23.4 Å². The predicted molar refractivity (Wildman–Crippen MR) is 86.5 cm³/mol. The zero-order valence-electron chi connectivity index (χ0n) is 12.3. The summed E-state index contributed by atoms with van der Waals surface area (Å²) in [5.41, 5.74) is 1.03. The minimum absolute atomic E-state index is 0.0513. The third-order valence-corrected chi connectivity index (χ3v) is 4.10. The van der Waals surface area contributed by atoms with Crippen molar-refractivity contribution in [1.29, 1.82) is 0 Å². The standard InChI is InChI=1S/C15H20ClNO3S/c1-10(2)17-14(18)9-21-8-11-6-12(16)15-13(7-11)19-4-3-5-20-15/h6-7,10H,3-5,8-9H2,1-2H3,(H,17,18). The number of nitrogens with one attached hydrogen (secondary N) is 1. The van der Waals surface area contributed by atoms with E-state index in [-0.39, 0.29) is 11.9 Å². The minimum Gasteiger partial charge on any atom is -0.489 e. The number of carbonyl (C=O) groups excluding carboxylic acids is 1. The Morgan fingerprint density at radius 1 is 1.38 bits per heavy atom. The topological polar surface area (TPSA) is 47.6 Å². The first-order chi connectivity index (χ1) is 10.1. The molecule has 1 amide bonds. The zero-order chi connectivity index (χ0) is 15.2. The number of thioether (sulfide) groups is 1. The number of fused-ring (bicyclic) bond motifs is 1. The van der Waals surface area contributed by atoms with Crippen molar-refractivity contribution in [3.8, 4) is 11.5 Å². The number of amides is 1. The number of rotatable bonds is 5. The van der Waals surface area contributed by atoms with E-state index in [1.165, 1.54) is 0 Å². The van der Waals surface area contributed by atoms with Crippen molar-refractivity contribution >= 4 is 29.3 Å². The van der Waals surface area contributed by atoms with E-state index in [4.69, 9.17) is 21.1 Å². The lowest BCUT2D eigenvalue weighted by atomic mass is 10.2. The average Bonchev–Trinajstić information content (AvgIpc) is 2.63. The molecule has 1 aromatic carbocycles. The molecule has 0 unspecified atom stereocenters. The maximum atomic E-state index is 11.6. The third kappa shape index (κ3) is 5.00. The SMILES string of the molecule is CC(C)NC(=O)CSCc1cc(Cl)c2c(c1)OCCCO2. The van der Waals surface area contributed by atoms with Gasteiger partial charge in [-0.05, 0) is 31.5 Å². The van der Waals surface area contributed by atoms with Gasteiger partial charge in [0.15, 0.2) is 11.5 Å². The zero-order valence-corrected chi connectivity index (χ0v) is 13.9. The molecule has 0 saturated heterocycles. The van der Waals surface area contributed by atoms with Crippen molar-refractivity contribution in [1.82, 2.24) is 5.32 Å². The molecule has 0 atom stereocenters. The highest BCUT2D eigenvalue weighted by molar-refractivity contribution is 7.99. The van der Waals surface area contributed by atoms with Crippen LogP contribution in [0.15, 0.2) is 12.1 Å². The predicted octanol–water partition coefficient (Wildman–Crippen LogP) is 3.26. The largest absolute Gasteiger partial charge is 0.489 e. The molecule has 0 aliphatic carbocycles. The van der Waals surface area contributed by atoms with Gasteiger partial charge in [0.2, 0.25) is 5.91 Å². The molecule has 1 heterocycles. The van der Waals surface area contributed by atoms with Crippen LogP contribution in [0.4, 0.5) is 0 Å². The van der Waals surface area contributed by atoms with Crippen molar-refractivity contribution in [2.45, 2.75) is 32.1 Å². The minimum atomic E-state index is 0.0513. The van der Waals surface area contributed by atoms with Crippen LogP contribution in [0.25, 0.3) is 0 Å². The van der Waals surface area contributed by atoms with Crippen LogP contribution in [0.3, 0.4) is 0 Å². The second-order valence-electron chi connectivity index (χ2n) is 5.17. The molecule has 0 saturated carbocycles. The van der Waals surface area contributed by atoms with Gasteiger partial charge in [-0.1, -0.05) is 11.6 Å². The van der Waals surface area contributed by atoms with Gasteiger partial charge in [0.1, 0.15) is 0 Å². The Morgan fingerprint density at radius 2 is 2.14 bits per heavy atom. The van der Waals surface area contributed by atoms with Crippen LogP contribution in [-0.2, 0) is 10.5 Å².